The Balaban J connectivity index is 1.68. The highest BCUT2D eigenvalue weighted by Crippen LogP contribution is 2.21. The third-order valence-electron chi connectivity index (χ3n) is 5.38. The van der Waals surface area contributed by atoms with Crippen molar-refractivity contribution in [1.29, 1.82) is 0 Å². The van der Waals surface area contributed by atoms with Crippen molar-refractivity contribution >= 4 is 0 Å². The quantitative estimate of drug-likeness (QED) is 0.526. The second-order valence-corrected chi connectivity index (χ2v) is 7.34. The second-order valence-electron chi connectivity index (χ2n) is 7.34. The summed E-state index contributed by atoms with van der Waals surface area (Å²) in [6.07, 6.45) is 4.40. The van der Waals surface area contributed by atoms with Gasteiger partial charge in [0.25, 0.3) is 5.56 Å². The van der Waals surface area contributed by atoms with Gasteiger partial charge in [-0.3, -0.25) is 14.5 Å². The Bertz CT molecular complexity index is 1200. The van der Waals surface area contributed by atoms with Gasteiger partial charge in [0, 0.05) is 31.1 Å². The van der Waals surface area contributed by atoms with E-state index in [0.717, 1.165) is 29.1 Å². The molecule has 7 nitrogen and oxygen atoms in total. The Morgan fingerprint density at radius 1 is 1.07 bits per heavy atom. The summed E-state index contributed by atoms with van der Waals surface area (Å²) in [5, 5.41) is 8.60. The summed E-state index contributed by atoms with van der Waals surface area (Å²) >= 11 is 0. The van der Waals surface area contributed by atoms with Crippen LogP contribution in [-0.4, -0.2) is 29.3 Å². The van der Waals surface area contributed by atoms with Crippen LogP contribution in [0.4, 0.5) is 0 Å². The number of aromatic nitrogens is 6. The summed E-state index contributed by atoms with van der Waals surface area (Å²) < 4.78 is 5.32. The van der Waals surface area contributed by atoms with Crippen molar-refractivity contribution in [2.75, 3.05) is 0 Å². The number of aryl methyl sites for hydroxylation is 1. The van der Waals surface area contributed by atoms with E-state index in [4.69, 9.17) is 0 Å². The first-order valence-corrected chi connectivity index (χ1v) is 9.64. The van der Waals surface area contributed by atoms with E-state index in [9.17, 15) is 4.79 Å². The molecule has 0 N–H and O–H groups in total. The van der Waals surface area contributed by atoms with Crippen molar-refractivity contribution in [2.45, 2.75) is 33.2 Å². The van der Waals surface area contributed by atoms with E-state index >= 15 is 0 Å². The number of hydrogen-bond donors (Lipinski definition) is 0. The molecular formula is C22H24N6O. The van der Waals surface area contributed by atoms with Gasteiger partial charge in [0.15, 0.2) is 0 Å². The Hall–Kier alpha value is -3.48. The molecule has 3 heterocycles. The van der Waals surface area contributed by atoms with Crippen LogP contribution in [0.1, 0.15) is 29.9 Å². The average Bonchev–Trinajstić information content (AvgIpc) is 3.28. The number of benzene rings is 1. The van der Waals surface area contributed by atoms with Crippen molar-refractivity contribution in [2.24, 2.45) is 7.05 Å². The zero-order valence-corrected chi connectivity index (χ0v) is 17.1. The first-order chi connectivity index (χ1) is 14.0. The average molecular weight is 388 g/mol. The molecule has 1 aromatic carbocycles. The van der Waals surface area contributed by atoms with Crippen molar-refractivity contribution in [3.8, 4) is 16.9 Å². The lowest BCUT2D eigenvalue weighted by Crippen LogP contribution is -2.20. The normalized spacial score (nSPS) is 12.3. The Morgan fingerprint density at radius 2 is 1.83 bits per heavy atom. The lowest BCUT2D eigenvalue weighted by atomic mass is 10.1. The van der Waals surface area contributed by atoms with Gasteiger partial charge in [0.05, 0.1) is 23.5 Å². The zero-order valence-electron chi connectivity index (χ0n) is 17.1. The molecule has 148 valence electrons. The van der Waals surface area contributed by atoms with Crippen LogP contribution in [-0.2, 0) is 13.5 Å². The molecule has 0 amide bonds. The molecule has 0 radical (unpaired) electrons. The summed E-state index contributed by atoms with van der Waals surface area (Å²) in [5.41, 5.74) is 4.92. The molecule has 4 rings (SSSR count). The minimum absolute atomic E-state index is 0.0743. The third kappa shape index (κ3) is 3.40. The summed E-state index contributed by atoms with van der Waals surface area (Å²) in [6, 6.07) is 13.7. The Morgan fingerprint density at radius 3 is 2.55 bits per heavy atom. The van der Waals surface area contributed by atoms with Gasteiger partial charge in [-0.25, -0.2) is 9.36 Å². The number of pyridine rings is 1. The number of hydrogen-bond acceptors (Lipinski definition) is 4. The van der Waals surface area contributed by atoms with Crippen LogP contribution in [0.3, 0.4) is 0 Å². The van der Waals surface area contributed by atoms with E-state index in [1.807, 2.05) is 65.9 Å². The van der Waals surface area contributed by atoms with Gasteiger partial charge in [0.2, 0.25) is 0 Å². The molecule has 0 fully saturated rings. The maximum atomic E-state index is 13.2. The van der Waals surface area contributed by atoms with Crippen LogP contribution in [0.5, 0.6) is 0 Å². The molecule has 0 saturated heterocycles. The predicted octanol–water partition coefficient (Wildman–Crippen LogP) is 3.25. The highest BCUT2D eigenvalue weighted by atomic mass is 16.1. The number of rotatable bonds is 5. The van der Waals surface area contributed by atoms with Crippen molar-refractivity contribution in [1.82, 2.24) is 29.3 Å². The van der Waals surface area contributed by atoms with Gasteiger partial charge < -0.3 is 0 Å². The molecule has 4 aromatic rings. The summed E-state index contributed by atoms with van der Waals surface area (Å²) in [5.74, 6) is 0. The van der Waals surface area contributed by atoms with E-state index in [0.29, 0.717) is 11.3 Å². The van der Waals surface area contributed by atoms with Gasteiger partial charge in [-0.15, -0.1) is 5.10 Å². The van der Waals surface area contributed by atoms with Crippen LogP contribution in [0.25, 0.3) is 16.9 Å². The second kappa shape index (κ2) is 7.50. The highest BCUT2D eigenvalue weighted by Gasteiger charge is 2.21. The molecule has 7 heteroatoms. The number of nitrogens with zero attached hydrogens (tertiary/aromatic N) is 6. The standard InChI is InChI=1S/C22H24N6O/c1-15-9-8-12-23-19(15)13-16(2)27-14-20(24-25-27)21-17(3)26(4)28(22(21)29)18-10-6-5-7-11-18/h5-12,14,16H,13H2,1-4H3. The lowest BCUT2D eigenvalue weighted by Gasteiger charge is -2.12. The molecule has 0 aliphatic heterocycles. The first kappa shape index (κ1) is 18.9. The molecular weight excluding hydrogens is 364 g/mol. The Kier molecular flexibility index (Phi) is 4.88. The largest absolute Gasteiger partial charge is 0.285 e. The fourth-order valence-electron chi connectivity index (χ4n) is 3.58. The van der Waals surface area contributed by atoms with Crippen LogP contribution in [0, 0.1) is 13.8 Å². The van der Waals surface area contributed by atoms with Crippen LogP contribution >= 0.6 is 0 Å². The molecule has 1 atom stereocenters. The van der Waals surface area contributed by atoms with E-state index < -0.39 is 0 Å². The topological polar surface area (TPSA) is 70.5 Å². The Labute approximate surface area is 169 Å². The monoisotopic (exact) mass is 388 g/mol. The molecule has 29 heavy (non-hydrogen) atoms. The van der Waals surface area contributed by atoms with Gasteiger partial charge in [-0.1, -0.05) is 29.5 Å². The maximum Gasteiger partial charge on any atom is 0.281 e. The molecule has 3 aromatic heterocycles. The minimum Gasteiger partial charge on any atom is -0.285 e. The summed E-state index contributed by atoms with van der Waals surface area (Å²) in [6.45, 7) is 6.06. The summed E-state index contributed by atoms with van der Waals surface area (Å²) in [4.78, 5) is 17.6. The van der Waals surface area contributed by atoms with E-state index in [1.54, 1.807) is 10.9 Å². The molecule has 0 saturated carbocycles. The van der Waals surface area contributed by atoms with Gasteiger partial charge in [0.1, 0.15) is 5.69 Å². The SMILES string of the molecule is Cc1cccnc1CC(C)n1cc(-c2c(C)n(C)n(-c3ccccc3)c2=O)nn1. The van der Waals surface area contributed by atoms with Crippen molar-refractivity contribution in [3.63, 3.8) is 0 Å². The maximum absolute atomic E-state index is 13.2. The lowest BCUT2D eigenvalue weighted by molar-refractivity contribution is 0.469. The predicted molar refractivity (Wildman–Crippen MR) is 112 cm³/mol. The highest BCUT2D eigenvalue weighted by molar-refractivity contribution is 5.60. The van der Waals surface area contributed by atoms with Crippen LogP contribution in [0.15, 0.2) is 59.7 Å². The van der Waals surface area contributed by atoms with Crippen LogP contribution < -0.4 is 5.56 Å². The van der Waals surface area contributed by atoms with Gasteiger partial charge in [-0.05, 0) is 44.5 Å². The molecule has 1 unspecified atom stereocenters. The van der Waals surface area contributed by atoms with Crippen LogP contribution in [0.2, 0.25) is 0 Å². The van der Waals surface area contributed by atoms with Crippen molar-refractivity contribution in [3.05, 3.63) is 82.2 Å². The van der Waals surface area contributed by atoms with Gasteiger partial charge in [-0.2, -0.15) is 0 Å². The smallest absolute Gasteiger partial charge is 0.281 e. The molecule has 0 spiro atoms. The fourth-order valence-corrected chi connectivity index (χ4v) is 3.58. The van der Waals surface area contributed by atoms with E-state index in [2.05, 4.69) is 35.2 Å². The number of para-hydroxylation sites is 1. The van der Waals surface area contributed by atoms with Gasteiger partial charge >= 0.3 is 0 Å². The summed E-state index contributed by atoms with van der Waals surface area (Å²) in [7, 11) is 1.88. The fraction of sp³-hybridized carbons (Fsp3) is 0.273. The third-order valence-corrected chi connectivity index (χ3v) is 5.38. The van der Waals surface area contributed by atoms with E-state index in [1.165, 1.54) is 0 Å². The molecule has 0 bridgehead atoms. The molecule has 0 aliphatic carbocycles. The first-order valence-electron chi connectivity index (χ1n) is 9.64. The molecule has 0 aliphatic rings. The zero-order chi connectivity index (χ0) is 20.5. The van der Waals surface area contributed by atoms with E-state index in [-0.39, 0.29) is 11.6 Å². The van der Waals surface area contributed by atoms with Crippen molar-refractivity contribution < 1.29 is 0 Å². The minimum atomic E-state index is -0.100.